The largest absolute Gasteiger partial charge is 0.371 e. The van der Waals surface area contributed by atoms with Crippen molar-refractivity contribution < 1.29 is 16.8 Å². The summed E-state index contributed by atoms with van der Waals surface area (Å²) in [6, 6.07) is 30.0. The van der Waals surface area contributed by atoms with Crippen LogP contribution in [0.5, 0.6) is 0 Å². The van der Waals surface area contributed by atoms with Gasteiger partial charge >= 0.3 is 0 Å². The van der Waals surface area contributed by atoms with E-state index < -0.39 is 19.7 Å². The van der Waals surface area contributed by atoms with E-state index in [0.717, 1.165) is 38.9 Å². The molecule has 0 bridgehead atoms. The molecule has 4 heterocycles. The monoisotopic (exact) mass is 712 g/mol. The van der Waals surface area contributed by atoms with E-state index in [1.54, 1.807) is 60.7 Å². The molecule has 2 unspecified atom stereocenters. The molecule has 0 spiro atoms. The molecular formula is C40H48N4O4S2. The van der Waals surface area contributed by atoms with Crippen LogP contribution >= 0.6 is 0 Å². The highest BCUT2D eigenvalue weighted by atomic mass is 32.2. The fourth-order valence-electron chi connectivity index (χ4n) is 8.75. The highest BCUT2D eigenvalue weighted by molar-refractivity contribution is 7.91. The lowest BCUT2D eigenvalue weighted by Gasteiger charge is -2.27. The zero-order chi connectivity index (χ0) is 35.2. The fourth-order valence-corrected chi connectivity index (χ4v) is 11.4. The number of nitrogens with one attached hydrogen (secondary N) is 2. The van der Waals surface area contributed by atoms with Crippen LogP contribution in [0, 0.1) is 5.92 Å². The van der Waals surface area contributed by atoms with Gasteiger partial charge < -0.3 is 20.4 Å². The Balaban J connectivity index is 0.000000157. The quantitative estimate of drug-likeness (QED) is 0.257. The molecule has 0 aromatic heterocycles. The van der Waals surface area contributed by atoms with Gasteiger partial charge in [-0.3, -0.25) is 0 Å². The van der Waals surface area contributed by atoms with Crippen LogP contribution in [0.1, 0.15) is 56.1 Å². The minimum atomic E-state index is -3.48. The van der Waals surface area contributed by atoms with Gasteiger partial charge in [-0.15, -0.1) is 0 Å². The minimum absolute atomic E-state index is 0.355. The van der Waals surface area contributed by atoms with Crippen molar-refractivity contribution in [2.24, 2.45) is 5.92 Å². The third kappa shape index (κ3) is 6.25. The van der Waals surface area contributed by atoms with Crippen LogP contribution < -0.4 is 20.4 Å². The second-order valence-corrected chi connectivity index (χ2v) is 18.3. The predicted molar refractivity (Wildman–Crippen MR) is 200 cm³/mol. The number of nitrogens with zero attached hydrogens (tertiary/aromatic N) is 2. The number of hydrogen-bond acceptors (Lipinski definition) is 8. The standard InChI is InChI=1S/2C20H24N2O2S/c1-14-13-21-11-10-19-20(14)17-12-16(8-9-18(17)22(19)2)25(23,24)15-6-4-3-5-7-15;1-14-12-17-18-13-16(25(23,24)15-6-4-3-5-7-15)8-9-19(18)22(2)20(17)10-11-21-14/h3-9,12,14,19-21H,10-11,13H2,1-2H3;3-9,13-14,17,20-21H,10-12H2,1-2H3/t14?,19-,20+;14?,17-,20+/m01/s1. The van der Waals surface area contributed by atoms with Crippen LogP contribution in [0.4, 0.5) is 11.4 Å². The van der Waals surface area contributed by atoms with Crippen LogP contribution in [0.15, 0.2) is 117 Å². The first kappa shape index (κ1) is 34.7. The summed E-state index contributed by atoms with van der Waals surface area (Å²) < 4.78 is 52.0. The molecule has 2 N–H and O–H groups in total. The zero-order valence-corrected chi connectivity index (χ0v) is 30.9. The summed E-state index contributed by atoms with van der Waals surface area (Å²) in [6.45, 7) is 7.47. The van der Waals surface area contributed by atoms with Crippen molar-refractivity contribution in [3.05, 3.63) is 108 Å². The Morgan fingerprint density at radius 2 is 1.14 bits per heavy atom. The van der Waals surface area contributed by atoms with Gasteiger partial charge in [-0.05, 0) is 124 Å². The molecule has 2 saturated heterocycles. The van der Waals surface area contributed by atoms with Gasteiger partial charge in [0.25, 0.3) is 0 Å². The van der Waals surface area contributed by atoms with Gasteiger partial charge in [0.2, 0.25) is 19.7 Å². The second kappa shape index (κ2) is 13.8. The Kier molecular flexibility index (Phi) is 9.58. The van der Waals surface area contributed by atoms with Crippen molar-refractivity contribution in [2.75, 3.05) is 43.5 Å². The molecule has 0 amide bonds. The molecule has 0 radical (unpaired) electrons. The Bertz CT molecular complexity index is 2060. The average Bonchev–Trinajstić information content (AvgIpc) is 3.33. The number of benzene rings is 4. The first-order valence-corrected chi connectivity index (χ1v) is 20.7. The van der Waals surface area contributed by atoms with Crippen molar-refractivity contribution in [3.63, 3.8) is 0 Å². The Labute approximate surface area is 297 Å². The van der Waals surface area contributed by atoms with E-state index in [1.165, 1.54) is 22.5 Å². The van der Waals surface area contributed by atoms with Crippen molar-refractivity contribution in [1.82, 2.24) is 10.6 Å². The summed E-state index contributed by atoms with van der Waals surface area (Å²) in [6.07, 6.45) is 3.21. The van der Waals surface area contributed by atoms with E-state index in [1.807, 2.05) is 36.4 Å². The zero-order valence-electron chi connectivity index (χ0n) is 29.3. The third-order valence-electron chi connectivity index (χ3n) is 11.4. The molecule has 10 heteroatoms. The predicted octanol–water partition coefficient (Wildman–Crippen LogP) is 6.24. The lowest BCUT2D eigenvalue weighted by molar-refractivity contribution is 0.424. The minimum Gasteiger partial charge on any atom is -0.371 e. The van der Waals surface area contributed by atoms with Crippen molar-refractivity contribution in [3.8, 4) is 0 Å². The molecule has 50 heavy (non-hydrogen) atoms. The van der Waals surface area contributed by atoms with E-state index in [2.05, 4.69) is 48.4 Å². The summed E-state index contributed by atoms with van der Waals surface area (Å²) in [4.78, 5) is 6.18. The summed E-state index contributed by atoms with van der Waals surface area (Å²) in [5, 5.41) is 7.05. The van der Waals surface area contributed by atoms with Gasteiger partial charge in [-0.25, -0.2) is 16.8 Å². The van der Waals surface area contributed by atoms with E-state index in [9.17, 15) is 16.8 Å². The van der Waals surface area contributed by atoms with E-state index >= 15 is 0 Å². The summed E-state index contributed by atoms with van der Waals surface area (Å²) >= 11 is 0. The molecule has 4 aromatic rings. The van der Waals surface area contributed by atoms with E-state index in [0.29, 0.717) is 55.5 Å². The average molecular weight is 713 g/mol. The molecule has 264 valence electrons. The highest BCUT2D eigenvalue weighted by Crippen LogP contribution is 2.48. The molecule has 8 nitrogen and oxygen atoms in total. The van der Waals surface area contributed by atoms with Crippen LogP contribution in [0.25, 0.3) is 0 Å². The molecule has 4 aliphatic rings. The van der Waals surface area contributed by atoms with Crippen LogP contribution in [0.2, 0.25) is 0 Å². The van der Waals surface area contributed by atoms with Gasteiger partial charge in [0, 0.05) is 55.4 Å². The molecule has 4 aliphatic heterocycles. The van der Waals surface area contributed by atoms with Gasteiger partial charge in [0.1, 0.15) is 0 Å². The lowest BCUT2D eigenvalue weighted by Crippen LogP contribution is -2.32. The van der Waals surface area contributed by atoms with Crippen molar-refractivity contribution >= 4 is 31.0 Å². The lowest BCUT2D eigenvalue weighted by atomic mass is 9.84. The molecule has 0 aliphatic carbocycles. The maximum Gasteiger partial charge on any atom is 0.206 e. The van der Waals surface area contributed by atoms with Gasteiger partial charge in [-0.2, -0.15) is 0 Å². The number of hydrogen-bond donors (Lipinski definition) is 2. The molecule has 8 rings (SSSR count). The van der Waals surface area contributed by atoms with E-state index in [-0.39, 0.29) is 0 Å². The SMILES string of the molecule is CC1CNCC[C@H]2[C@H]1c1cc(S(=O)(=O)c3ccccc3)ccc1N2C.CC1C[C@@H]2c3cc(S(=O)(=O)c4ccccc4)ccc3N(C)[C@H]2CCN1. The van der Waals surface area contributed by atoms with Crippen LogP contribution in [-0.4, -0.2) is 68.7 Å². The Morgan fingerprint density at radius 3 is 1.74 bits per heavy atom. The summed E-state index contributed by atoms with van der Waals surface area (Å²) in [7, 11) is -2.69. The maximum atomic E-state index is 13.0. The first-order valence-electron chi connectivity index (χ1n) is 17.8. The molecule has 6 atom stereocenters. The van der Waals surface area contributed by atoms with E-state index in [4.69, 9.17) is 0 Å². The molecular weight excluding hydrogens is 665 g/mol. The number of sulfone groups is 2. The molecule has 2 fully saturated rings. The summed E-state index contributed by atoms with van der Waals surface area (Å²) in [5.74, 6) is 1.24. The summed E-state index contributed by atoms with van der Waals surface area (Å²) in [5.41, 5.74) is 4.72. The second-order valence-electron chi connectivity index (χ2n) is 14.4. The smallest absolute Gasteiger partial charge is 0.206 e. The van der Waals surface area contributed by atoms with Crippen LogP contribution in [0.3, 0.4) is 0 Å². The van der Waals surface area contributed by atoms with Gasteiger partial charge in [0.05, 0.1) is 19.6 Å². The van der Waals surface area contributed by atoms with Crippen LogP contribution in [-0.2, 0) is 19.7 Å². The number of fused-ring (bicyclic) bond motifs is 6. The highest BCUT2D eigenvalue weighted by Gasteiger charge is 2.41. The van der Waals surface area contributed by atoms with Gasteiger partial charge in [0.15, 0.2) is 0 Å². The molecule has 0 saturated carbocycles. The fraction of sp³-hybridized carbons (Fsp3) is 0.400. The number of anilines is 2. The normalized spacial score (nSPS) is 26.0. The topological polar surface area (TPSA) is 98.8 Å². The number of likely N-dealkylation sites (N-methyl/N-ethyl adjacent to an activating group) is 2. The Morgan fingerprint density at radius 1 is 0.620 bits per heavy atom. The Hall–Kier alpha value is -3.70. The maximum absolute atomic E-state index is 13.0. The number of rotatable bonds is 4. The van der Waals surface area contributed by atoms with Crippen molar-refractivity contribution in [1.29, 1.82) is 0 Å². The van der Waals surface area contributed by atoms with Gasteiger partial charge in [-0.1, -0.05) is 43.3 Å². The first-order chi connectivity index (χ1) is 24.0. The van der Waals surface area contributed by atoms with Crippen molar-refractivity contribution in [2.45, 2.75) is 82.7 Å². The third-order valence-corrected chi connectivity index (χ3v) is 14.9. The molecule has 4 aromatic carbocycles.